The van der Waals surface area contributed by atoms with Crippen LogP contribution in [0.3, 0.4) is 0 Å². The molecule has 0 aliphatic heterocycles. The quantitative estimate of drug-likeness (QED) is 0.783. The lowest BCUT2D eigenvalue weighted by molar-refractivity contribution is -0.143. The van der Waals surface area contributed by atoms with Crippen LogP contribution in [0.4, 0.5) is 26.3 Å². The van der Waals surface area contributed by atoms with E-state index in [1.165, 1.54) is 0 Å². The van der Waals surface area contributed by atoms with Crippen LogP contribution in [0.15, 0.2) is 12.1 Å². The van der Waals surface area contributed by atoms with Crippen molar-refractivity contribution in [3.8, 4) is 0 Å². The van der Waals surface area contributed by atoms with Gasteiger partial charge in [-0.15, -0.1) is 0 Å². The van der Waals surface area contributed by atoms with Gasteiger partial charge in [-0.05, 0) is 24.6 Å². The van der Waals surface area contributed by atoms with Gasteiger partial charge in [-0.1, -0.05) is 0 Å². The molecule has 0 heterocycles. The average Bonchev–Trinajstić information content (AvgIpc) is 2.12. The summed E-state index contributed by atoms with van der Waals surface area (Å²) in [5.41, 5.74) is -0.556. The molecule has 0 aliphatic carbocycles. The van der Waals surface area contributed by atoms with Crippen LogP contribution in [-0.2, 0) is 12.4 Å². The van der Waals surface area contributed by atoms with Crippen LogP contribution in [-0.4, -0.2) is 5.91 Å². The van der Waals surface area contributed by atoms with E-state index in [0.717, 1.165) is 6.92 Å². The molecule has 0 spiro atoms. The van der Waals surface area contributed by atoms with Crippen molar-refractivity contribution in [2.45, 2.75) is 19.3 Å². The van der Waals surface area contributed by atoms with Crippen molar-refractivity contribution in [2.75, 3.05) is 0 Å². The summed E-state index contributed by atoms with van der Waals surface area (Å²) < 4.78 is 75.5. The second kappa shape index (κ2) is 4.18. The van der Waals surface area contributed by atoms with Gasteiger partial charge >= 0.3 is 12.4 Å². The molecule has 0 atom stereocenters. The molecule has 0 aromatic heterocycles. The topological polar surface area (TPSA) is 43.1 Å². The highest BCUT2D eigenvalue weighted by Crippen LogP contribution is 2.39. The summed E-state index contributed by atoms with van der Waals surface area (Å²) in [6, 6.07) is 0.907. The first-order chi connectivity index (χ1) is 7.94. The third-order valence-electron chi connectivity index (χ3n) is 2.14. The number of alkyl halides is 6. The van der Waals surface area contributed by atoms with Gasteiger partial charge in [-0.25, -0.2) is 0 Å². The normalized spacial score (nSPS) is 12.6. The van der Waals surface area contributed by atoms with Gasteiger partial charge in [0.1, 0.15) is 0 Å². The van der Waals surface area contributed by atoms with Gasteiger partial charge in [0, 0.05) is 0 Å². The summed E-state index contributed by atoms with van der Waals surface area (Å²) in [5.74, 6) is -1.77. The maximum atomic E-state index is 12.6. The molecule has 0 saturated carbocycles. The molecular weight excluding hydrogens is 264 g/mol. The van der Waals surface area contributed by atoms with Crippen LogP contribution in [0.2, 0.25) is 0 Å². The third kappa shape index (κ3) is 2.74. The predicted molar refractivity (Wildman–Crippen MR) is 49.7 cm³/mol. The number of halogens is 6. The summed E-state index contributed by atoms with van der Waals surface area (Å²) >= 11 is 0. The Kier molecular flexibility index (Phi) is 3.33. The lowest BCUT2D eigenvalue weighted by Gasteiger charge is -2.17. The molecule has 1 rings (SSSR count). The molecule has 8 heteroatoms. The van der Waals surface area contributed by atoms with Crippen LogP contribution in [0.5, 0.6) is 0 Å². The highest BCUT2D eigenvalue weighted by molar-refractivity contribution is 5.96. The van der Waals surface area contributed by atoms with Crippen LogP contribution >= 0.6 is 0 Å². The van der Waals surface area contributed by atoms with Gasteiger partial charge in [-0.2, -0.15) is 26.3 Å². The van der Waals surface area contributed by atoms with E-state index in [2.05, 4.69) is 5.73 Å². The smallest absolute Gasteiger partial charge is 0.366 e. The molecule has 0 aliphatic rings. The van der Waals surface area contributed by atoms with Crippen molar-refractivity contribution in [1.82, 2.24) is 0 Å². The van der Waals surface area contributed by atoms with Crippen molar-refractivity contribution in [1.29, 1.82) is 0 Å². The minimum Gasteiger partial charge on any atom is -0.366 e. The summed E-state index contributed by atoms with van der Waals surface area (Å²) in [6.45, 7) is 1.06. The minimum atomic E-state index is -5.09. The maximum Gasteiger partial charge on any atom is 0.417 e. The number of carbonyl (C=O) groups is 1. The number of benzene rings is 1. The van der Waals surface area contributed by atoms with Gasteiger partial charge < -0.3 is 5.73 Å². The van der Waals surface area contributed by atoms with Crippen molar-refractivity contribution in [3.63, 3.8) is 0 Å². The summed E-state index contributed by atoms with van der Waals surface area (Å²) in [7, 11) is 0. The summed E-state index contributed by atoms with van der Waals surface area (Å²) in [4.78, 5) is 10.9. The van der Waals surface area contributed by atoms with E-state index in [1.54, 1.807) is 0 Å². The number of nitrogens with two attached hydrogens (primary N) is 1. The van der Waals surface area contributed by atoms with E-state index in [-0.39, 0.29) is 5.56 Å². The Morgan fingerprint density at radius 3 is 1.56 bits per heavy atom. The van der Waals surface area contributed by atoms with Crippen molar-refractivity contribution >= 4 is 5.91 Å². The SMILES string of the molecule is Cc1cc(C(F)(F)F)c(C(N)=O)c(C(F)(F)F)c1. The molecule has 2 N–H and O–H groups in total. The first-order valence-corrected chi connectivity index (χ1v) is 4.53. The maximum absolute atomic E-state index is 12.6. The zero-order valence-electron chi connectivity index (χ0n) is 8.91. The third-order valence-corrected chi connectivity index (χ3v) is 2.14. The van der Waals surface area contributed by atoms with Crippen LogP contribution < -0.4 is 5.73 Å². The van der Waals surface area contributed by atoms with Crippen LogP contribution in [0.25, 0.3) is 0 Å². The fourth-order valence-electron chi connectivity index (χ4n) is 1.50. The van der Waals surface area contributed by atoms with E-state index < -0.39 is 35.0 Å². The molecule has 1 aromatic rings. The summed E-state index contributed by atoms with van der Waals surface area (Å²) in [6.07, 6.45) is -10.2. The Bertz CT molecular complexity index is 453. The van der Waals surface area contributed by atoms with Gasteiger partial charge in [-0.3, -0.25) is 4.79 Å². The Morgan fingerprint density at radius 2 is 1.33 bits per heavy atom. The Hall–Kier alpha value is -1.73. The molecular formula is C10H7F6NO. The zero-order valence-corrected chi connectivity index (χ0v) is 8.91. The largest absolute Gasteiger partial charge is 0.417 e. The average molecular weight is 271 g/mol. The van der Waals surface area contributed by atoms with Gasteiger partial charge in [0.05, 0.1) is 16.7 Å². The highest BCUT2D eigenvalue weighted by Gasteiger charge is 2.42. The standard InChI is InChI=1S/C10H7F6NO/c1-4-2-5(9(11,12)13)7(8(17)18)6(3-4)10(14,15)16/h2-3H,1H3,(H2,17,18). The van der Waals surface area contributed by atoms with Crippen LogP contribution in [0, 0.1) is 6.92 Å². The molecule has 2 nitrogen and oxygen atoms in total. The molecule has 0 radical (unpaired) electrons. The van der Waals surface area contributed by atoms with Crippen LogP contribution in [0.1, 0.15) is 27.0 Å². The van der Waals surface area contributed by atoms with Gasteiger partial charge in [0.25, 0.3) is 0 Å². The number of rotatable bonds is 1. The van der Waals surface area contributed by atoms with E-state index >= 15 is 0 Å². The first-order valence-electron chi connectivity index (χ1n) is 4.53. The number of amides is 1. The molecule has 18 heavy (non-hydrogen) atoms. The lowest BCUT2D eigenvalue weighted by Crippen LogP contribution is -2.24. The molecule has 0 saturated heterocycles. The number of hydrogen-bond donors (Lipinski definition) is 1. The fraction of sp³-hybridized carbons (Fsp3) is 0.300. The Labute approximate surface area is 97.4 Å². The van der Waals surface area contributed by atoms with E-state index in [4.69, 9.17) is 0 Å². The molecule has 0 fully saturated rings. The van der Waals surface area contributed by atoms with E-state index in [0.29, 0.717) is 12.1 Å². The van der Waals surface area contributed by atoms with E-state index in [9.17, 15) is 31.1 Å². The van der Waals surface area contributed by atoms with Gasteiger partial charge in [0.2, 0.25) is 5.91 Å². The van der Waals surface area contributed by atoms with Crippen molar-refractivity contribution < 1.29 is 31.1 Å². The van der Waals surface area contributed by atoms with E-state index in [1.807, 2.05) is 0 Å². The lowest BCUT2D eigenvalue weighted by atomic mass is 9.96. The summed E-state index contributed by atoms with van der Waals surface area (Å²) in [5, 5.41) is 0. The predicted octanol–water partition coefficient (Wildman–Crippen LogP) is 3.13. The molecule has 1 amide bonds. The van der Waals surface area contributed by atoms with Gasteiger partial charge in [0.15, 0.2) is 0 Å². The first kappa shape index (κ1) is 14.3. The number of primary amides is 1. The Balaban J connectivity index is 3.74. The molecule has 0 unspecified atom stereocenters. The second-order valence-corrected chi connectivity index (χ2v) is 3.59. The molecule has 1 aromatic carbocycles. The highest BCUT2D eigenvalue weighted by atomic mass is 19.4. The minimum absolute atomic E-state index is 0.264. The molecule has 0 bridgehead atoms. The van der Waals surface area contributed by atoms with Crippen molar-refractivity contribution in [3.05, 3.63) is 34.4 Å². The zero-order chi connectivity index (χ0) is 14.3. The fourth-order valence-corrected chi connectivity index (χ4v) is 1.50. The van der Waals surface area contributed by atoms with Crippen molar-refractivity contribution in [2.24, 2.45) is 5.73 Å². The molecule has 100 valence electrons. The monoisotopic (exact) mass is 271 g/mol. The number of aryl methyl sites for hydroxylation is 1. The number of carbonyl (C=O) groups excluding carboxylic acids is 1. The Morgan fingerprint density at radius 1 is 1.00 bits per heavy atom. The second-order valence-electron chi connectivity index (χ2n) is 3.59. The number of hydrogen-bond acceptors (Lipinski definition) is 1.